The van der Waals surface area contributed by atoms with E-state index in [9.17, 15) is 4.79 Å². The molecular formula is C19H17ClN4O. The van der Waals surface area contributed by atoms with Gasteiger partial charge in [-0.25, -0.2) is 9.78 Å². The number of carbonyl (C=O) groups is 1. The van der Waals surface area contributed by atoms with E-state index in [1.165, 1.54) is 0 Å². The standard InChI is InChI=1S/C19H17ClN4O/c20-18-15(8-4-10-21-18)22-19(25)24-13-12-23-11-5-9-16(23)17(24)14-6-2-1-3-7-14/h1-11,17H,12-13H2,(H,22,25)/t17-/m1/s1. The lowest BCUT2D eigenvalue weighted by molar-refractivity contribution is 0.182. The SMILES string of the molecule is O=C(Nc1cccnc1Cl)N1CCn2cccc2[C@H]1c1ccccc1. The molecule has 3 aromatic rings. The lowest BCUT2D eigenvalue weighted by atomic mass is 10.0. The van der Waals surface area contributed by atoms with Gasteiger partial charge in [0.25, 0.3) is 0 Å². The van der Waals surface area contributed by atoms with Crippen molar-refractivity contribution in [3.8, 4) is 0 Å². The highest BCUT2D eigenvalue weighted by molar-refractivity contribution is 6.32. The van der Waals surface area contributed by atoms with Crippen LogP contribution in [0.4, 0.5) is 10.5 Å². The van der Waals surface area contributed by atoms with Gasteiger partial charge >= 0.3 is 6.03 Å². The number of urea groups is 1. The number of nitrogens with one attached hydrogen (secondary N) is 1. The Labute approximate surface area is 150 Å². The molecule has 0 fully saturated rings. The molecule has 2 aromatic heterocycles. The highest BCUT2D eigenvalue weighted by Crippen LogP contribution is 2.33. The quantitative estimate of drug-likeness (QED) is 0.703. The molecule has 3 heterocycles. The number of aromatic nitrogens is 2. The molecule has 1 atom stereocenters. The molecule has 2 amide bonds. The molecule has 0 aliphatic carbocycles. The Kier molecular flexibility index (Phi) is 4.15. The van der Waals surface area contributed by atoms with E-state index in [4.69, 9.17) is 11.6 Å². The summed E-state index contributed by atoms with van der Waals surface area (Å²) in [5.41, 5.74) is 2.70. The minimum Gasteiger partial charge on any atom is -0.348 e. The van der Waals surface area contributed by atoms with Gasteiger partial charge < -0.3 is 14.8 Å². The third-order valence-electron chi connectivity index (χ3n) is 4.42. The number of halogens is 1. The monoisotopic (exact) mass is 352 g/mol. The Balaban J connectivity index is 1.68. The molecular weight excluding hydrogens is 336 g/mol. The Morgan fingerprint density at radius 2 is 1.92 bits per heavy atom. The van der Waals surface area contributed by atoms with Crippen LogP contribution < -0.4 is 5.32 Å². The second-order valence-electron chi connectivity index (χ2n) is 5.90. The van der Waals surface area contributed by atoms with Crippen molar-refractivity contribution in [3.05, 3.63) is 83.4 Å². The van der Waals surface area contributed by atoms with Crippen molar-refractivity contribution in [2.45, 2.75) is 12.6 Å². The third-order valence-corrected chi connectivity index (χ3v) is 4.72. The van der Waals surface area contributed by atoms with Gasteiger partial charge in [-0.1, -0.05) is 41.9 Å². The zero-order valence-corrected chi connectivity index (χ0v) is 14.2. The first-order valence-electron chi connectivity index (χ1n) is 8.12. The number of benzene rings is 1. The molecule has 1 aliphatic heterocycles. The van der Waals surface area contributed by atoms with E-state index in [0.717, 1.165) is 17.8 Å². The normalized spacial score (nSPS) is 16.4. The van der Waals surface area contributed by atoms with Gasteiger partial charge in [0.1, 0.15) is 0 Å². The fourth-order valence-corrected chi connectivity index (χ4v) is 3.42. The van der Waals surface area contributed by atoms with Crippen molar-refractivity contribution in [1.29, 1.82) is 0 Å². The van der Waals surface area contributed by atoms with E-state index in [-0.39, 0.29) is 17.2 Å². The number of nitrogens with zero attached hydrogens (tertiary/aromatic N) is 3. The van der Waals surface area contributed by atoms with Gasteiger partial charge in [-0.3, -0.25) is 0 Å². The van der Waals surface area contributed by atoms with Gasteiger partial charge in [-0.15, -0.1) is 0 Å². The molecule has 126 valence electrons. The highest BCUT2D eigenvalue weighted by Gasteiger charge is 2.32. The van der Waals surface area contributed by atoms with Gasteiger partial charge in [0, 0.05) is 31.2 Å². The maximum Gasteiger partial charge on any atom is 0.322 e. The first kappa shape index (κ1) is 15.7. The van der Waals surface area contributed by atoms with Gasteiger partial charge in [0.05, 0.1) is 11.7 Å². The maximum absolute atomic E-state index is 13.0. The predicted molar refractivity (Wildman–Crippen MR) is 97.7 cm³/mol. The second kappa shape index (κ2) is 6.61. The summed E-state index contributed by atoms with van der Waals surface area (Å²) in [5.74, 6) is 0. The van der Waals surface area contributed by atoms with Crippen LogP contribution in [-0.2, 0) is 6.54 Å². The molecule has 1 aromatic carbocycles. The van der Waals surface area contributed by atoms with Crippen molar-refractivity contribution in [2.75, 3.05) is 11.9 Å². The lowest BCUT2D eigenvalue weighted by Gasteiger charge is -2.37. The number of amides is 2. The van der Waals surface area contributed by atoms with Gasteiger partial charge in [0.15, 0.2) is 5.15 Å². The van der Waals surface area contributed by atoms with Crippen LogP contribution in [0.25, 0.3) is 0 Å². The molecule has 1 aliphatic rings. The van der Waals surface area contributed by atoms with E-state index >= 15 is 0 Å². The van der Waals surface area contributed by atoms with Crippen LogP contribution >= 0.6 is 11.6 Å². The van der Waals surface area contributed by atoms with Crippen LogP contribution in [-0.4, -0.2) is 27.0 Å². The summed E-state index contributed by atoms with van der Waals surface area (Å²) >= 11 is 6.08. The third kappa shape index (κ3) is 2.98. The topological polar surface area (TPSA) is 50.2 Å². The Morgan fingerprint density at radius 3 is 2.72 bits per heavy atom. The number of hydrogen-bond donors (Lipinski definition) is 1. The van der Waals surface area contributed by atoms with Gasteiger partial charge in [-0.2, -0.15) is 0 Å². The summed E-state index contributed by atoms with van der Waals surface area (Å²) in [6, 6.07) is 17.3. The van der Waals surface area contributed by atoms with Crippen LogP contribution in [0.2, 0.25) is 5.15 Å². The molecule has 0 spiro atoms. The average Bonchev–Trinajstić information content (AvgIpc) is 3.12. The van der Waals surface area contributed by atoms with Crippen LogP contribution in [0, 0.1) is 0 Å². The van der Waals surface area contributed by atoms with Crippen molar-refractivity contribution < 1.29 is 4.79 Å². The molecule has 0 unspecified atom stereocenters. The van der Waals surface area contributed by atoms with Crippen LogP contribution in [0.5, 0.6) is 0 Å². The number of rotatable bonds is 2. The molecule has 1 N–H and O–H groups in total. The Morgan fingerprint density at radius 1 is 1.08 bits per heavy atom. The summed E-state index contributed by atoms with van der Waals surface area (Å²) in [6.07, 6.45) is 3.65. The molecule has 0 radical (unpaired) electrons. The van der Waals surface area contributed by atoms with E-state index in [2.05, 4.69) is 27.1 Å². The van der Waals surface area contributed by atoms with E-state index < -0.39 is 0 Å². The highest BCUT2D eigenvalue weighted by atomic mass is 35.5. The first-order valence-corrected chi connectivity index (χ1v) is 8.50. The fourth-order valence-electron chi connectivity index (χ4n) is 3.25. The predicted octanol–water partition coefficient (Wildman–Crippen LogP) is 4.17. The molecule has 0 bridgehead atoms. The molecule has 0 saturated heterocycles. The van der Waals surface area contributed by atoms with Crippen LogP contribution in [0.15, 0.2) is 67.0 Å². The average molecular weight is 353 g/mol. The van der Waals surface area contributed by atoms with Crippen molar-refractivity contribution in [3.63, 3.8) is 0 Å². The van der Waals surface area contributed by atoms with E-state index in [1.54, 1.807) is 18.3 Å². The zero-order chi connectivity index (χ0) is 17.2. The largest absolute Gasteiger partial charge is 0.348 e. The maximum atomic E-state index is 13.0. The van der Waals surface area contributed by atoms with Crippen molar-refractivity contribution >= 4 is 23.3 Å². The smallest absolute Gasteiger partial charge is 0.322 e. The van der Waals surface area contributed by atoms with Crippen molar-refractivity contribution in [1.82, 2.24) is 14.5 Å². The fraction of sp³-hybridized carbons (Fsp3) is 0.158. The summed E-state index contributed by atoms with van der Waals surface area (Å²) in [4.78, 5) is 18.8. The molecule has 25 heavy (non-hydrogen) atoms. The summed E-state index contributed by atoms with van der Waals surface area (Å²) < 4.78 is 2.19. The van der Waals surface area contributed by atoms with E-state index in [0.29, 0.717) is 12.2 Å². The summed E-state index contributed by atoms with van der Waals surface area (Å²) in [5, 5.41) is 3.17. The molecule has 6 heteroatoms. The molecule has 5 nitrogen and oxygen atoms in total. The summed E-state index contributed by atoms with van der Waals surface area (Å²) in [6.45, 7) is 1.38. The van der Waals surface area contributed by atoms with Crippen molar-refractivity contribution in [2.24, 2.45) is 0 Å². The molecule has 4 rings (SSSR count). The zero-order valence-electron chi connectivity index (χ0n) is 13.5. The summed E-state index contributed by atoms with van der Waals surface area (Å²) in [7, 11) is 0. The Hall–Kier alpha value is -2.79. The number of fused-ring (bicyclic) bond motifs is 1. The molecule has 0 saturated carbocycles. The minimum absolute atomic E-state index is 0.139. The van der Waals surface area contributed by atoms with Crippen LogP contribution in [0.3, 0.4) is 0 Å². The second-order valence-corrected chi connectivity index (χ2v) is 6.26. The number of hydrogen-bond acceptors (Lipinski definition) is 2. The number of pyridine rings is 1. The van der Waals surface area contributed by atoms with Gasteiger partial charge in [-0.05, 0) is 29.8 Å². The minimum atomic E-state index is -0.184. The first-order chi connectivity index (χ1) is 12.2. The number of anilines is 1. The Bertz CT molecular complexity index is 893. The van der Waals surface area contributed by atoms with E-state index in [1.807, 2.05) is 41.3 Å². The number of carbonyl (C=O) groups excluding carboxylic acids is 1. The van der Waals surface area contributed by atoms with Gasteiger partial charge in [0.2, 0.25) is 0 Å². The lowest BCUT2D eigenvalue weighted by Crippen LogP contribution is -2.44. The van der Waals surface area contributed by atoms with Crippen LogP contribution in [0.1, 0.15) is 17.3 Å².